The lowest BCUT2D eigenvalue weighted by molar-refractivity contribution is -0.274. The van der Waals surface area contributed by atoms with E-state index in [2.05, 4.69) is 25.3 Å². The smallest absolute Gasteiger partial charge is 0.406 e. The van der Waals surface area contributed by atoms with Crippen LogP contribution in [-0.2, 0) is 6.18 Å². The molecule has 0 spiro atoms. The van der Waals surface area contributed by atoms with Crippen molar-refractivity contribution < 1.29 is 31.1 Å². The first-order chi connectivity index (χ1) is 12.0. The maximum absolute atomic E-state index is 12.9. The summed E-state index contributed by atoms with van der Waals surface area (Å²) in [6, 6.07) is 4.10. The number of anilines is 3. The Balaban J connectivity index is 2.31. The Morgan fingerprint density at radius 3 is 2.27 bits per heavy atom. The molecule has 0 aliphatic rings. The third kappa shape index (κ3) is 5.39. The second-order valence-electron chi connectivity index (χ2n) is 5.14. The summed E-state index contributed by atoms with van der Waals surface area (Å²) in [6.45, 7) is 3.45. The minimum atomic E-state index is -4.84. The van der Waals surface area contributed by atoms with E-state index >= 15 is 0 Å². The van der Waals surface area contributed by atoms with Crippen LogP contribution in [-0.4, -0.2) is 22.9 Å². The Labute approximate surface area is 144 Å². The third-order valence-electron chi connectivity index (χ3n) is 3.05. The van der Waals surface area contributed by atoms with E-state index in [1.807, 2.05) is 0 Å². The Morgan fingerprint density at radius 1 is 1.04 bits per heavy atom. The summed E-state index contributed by atoms with van der Waals surface area (Å²) in [7, 11) is 0. The third-order valence-corrected chi connectivity index (χ3v) is 3.05. The van der Waals surface area contributed by atoms with Gasteiger partial charge in [-0.2, -0.15) is 18.2 Å². The van der Waals surface area contributed by atoms with Gasteiger partial charge in [0.05, 0.1) is 0 Å². The van der Waals surface area contributed by atoms with Crippen LogP contribution in [0, 0.1) is 6.92 Å². The molecule has 1 aromatic carbocycles. The Morgan fingerprint density at radius 2 is 1.73 bits per heavy atom. The summed E-state index contributed by atoms with van der Waals surface area (Å²) in [5.74, 6) is -0.817. The van der Waals surface area contributed by atoms with Crippen LogP contribution in [0.2, 0.25) is 0 Å². The van der Waals surface area contributed by atoms with E-state index in [0.29, 0.717) is 18.2 Å². The number of hydrogen-bond acceptors (Lipinski definition) is 5. The number of aryl methyl sites for hydroxylation is 1. The first-order valence-corrected chi connectivity index (χ1v) is 7.31. The van der Waals surface area contributed by atoms with Gasteiger partial charge in [0.1, 0.15) is 11.6 Å². The standard InChI is InChI=1S/C15H14F6N4O/c1-3-22-13-24-11(14(16,17)18)7-12(25-13)23-10-5-4-9(6-8(10)2)26-15(19,20)21/h4-7H,3H2,1-2H3,(H2,22,23,24,25). The monoisotopic (exact) mass is 380 g/mol. The molecule has 5 nitrogen and oxygen atoms in total. The molecule has 142 valence electrons. The summed E-state index contributed by atoms with van der Waals surface area (Å²) in [6.07, 6.45) is -9.51. The van der Waals surface area contributed by atoms with Crippen molar-refractivity contribution in [2.45, 2.75) is 26.4 Å². The first-order valence-electron chi connectivity index (χ1n) is 7.31. The molecule has 0 atom stereocenters. The van der Waals surface area contributed by atoms with Crippen molar-refractivity contribution in [3.63, 3.8) is 0 Å². The van der Waals surface area contributed by atoms with E-state index < -0.39 is 24.0 Å². The van der Waals surface area contributed by atoms with Gasteiger partial charge < -0.3 is 15.4 Å². The average Bonchev–Trinajstić information content (AvgIpc) is 2.48. The van der Waals surface area contributed by atoms with Gasteiger partial charge in [0.2, 0.25) is 5.95 Å². The Hall–Kier alpha value is -2.72. The zero-order valence-corrected chi connectivity index (χ0v) is 13.6. The molecule has 0 saturated carbocycles. The van der Waals surface area contributed by atoms with E-state index in [1.165, 1.54) is 13.0 Å². The predicted molar refractivity (Wildman–Crippen MR) is 82.3 cm³/mol. The van der Waals surface area contributed by atoms with Gasteiger partial charge in [0, 0.05) is 18.3 Å². The molecule has 2 aromatic rings. The number of hydrogen-bond donors (Lipinski definition) is 2. The highest BCUT2D eigenvalue weighted by Crippen LogP contribution is 2.32. The van der Waals surface area contributed by atoms with Crippen LogP contribution in [0.5, 0.6) is 5.75 Å². The van der Waals surface area contributed by atoms with Crippen molar-refractivity contribution in [3.8, 4) is 5.75 Å². The maximum Gasteiger partial charge on any atom is 0.573 e. The molecular weight excluding hydrogens is 366 g/mol. The summed E-state index contributed by atoms with van der Waals surface area (Å²) in [5.41, 5.74) is -0.557. The molecule has 0 saturated heterocycles. The fraction of sp³-hybridized carbons (Fsp3) is 0.333. The quantitative estimate of drug-likeness (QED) is 0.725. The van der Waals surface area contributed by atoms with Crippen LogP contribution in [0.15, 0.2) is 24.3 Å². The lowest BCUT2D eigenvalue weighted by atomic mass is 10.2. The lowest BCUT2D eigenvalue weighted by Crippen LogP contribution is -2.17. The summed E-state index contributed by atoms with van der Waals surface area (Å²) in [4.78, 5) is 7.29. The van der Waals surface area contributed by atoms with E-state index in [-0.39, 0.29) is 17.5 Å². The minimum Gasteiger partial charge on any atom is -0.406 e. The second-order valence-corrected chi connectivity index (χ2v) is 5.14. The normalized spacial score (nSPS) is 12.0. The van der Waals surface area contributed by atoms with Gasteiger partial charge in [-0.3, -0.25) is 0 Å². The van der Waals surface area contributed by atoms with E-state index in [4.69, 9.17) is 0 Å². The van der Waals surface area contributed by atoms with E-state index in [0.717, 1.165) is 12.1 Å². The van der Waals surface area contributed by atoms with Gasteiger partial charge in [-0.1, -0.05) is 0 Å². The number of alkyl halides is 6. The van der Waals surface area contributed by atoms with Crippen LogP contribution in [0.25, 0.3) is 0 Å². The molecule has 2 N–H and O–H groups in total. The van der Waals surface area contributed by atoms with Crippen LogP contribution in [0.3, 0.4) is 0 Å². The maximum atomic E-state index is 12.9. The van der Waals surface area contributed by atoms with Gasteiger partial charge in [0.25, 0.3) is 0 Å². The molecule has 1 aromatic heterocycles. The molecule has 0 bridgehead atoms. The topological polar surface area (TPSA) is 59.1 Å². The first kappa shape index (κ1) is 19.6. The number of halogens is 6. The van der Waals surface area contributed by atoms with Crippen molar-refractivity contribution in [1.29, 1.82) is 0 Å². The van der Waals surface area contributed by atoms with Gasteiger partial charge in [0.15, 0.2) is 5.69 Å². The Bertz CT molecular complexity index is 776. The molecule has 0 amide bonds. The minimum absolute atomic E-state index is 0.157. The number of nitrogens with one attached hydrogen (secondary N) is 2. The number of ether oxygens (including phenoxy) is 1. The highest BCUT2D eigenvalue weighted by molar-refractivity contribution is 5.62. The van der Waals surface area contributed by atoms with Crippen molar-refractivity contribution in [1.82, 2.24) is 9.97 Å². The molecule has 2 rings (SSSR count). The van der Waals surface area contributed by atoms with Gasteiger partial charge >= 0.3 is 12.5 Å². The van der Waals surface area contributed by atoms with Crippen LogP contribution < -0.4 is 15.4 Å². The largest absolute Gasteiger partial charge is 0.573 e. The molecule has 1 heterocycles. The summed E-state index contributed by atoms with van der Waals surface area (Å²) in [5, 5.41) is 5.23. The van der Waals surface area contributed by atoms with Crippen molar-refractivity contribution in [3.05, 3.63) is 35.5 Å². The van der Waals surface area contributed by atoms with E-state index in [9.17, 15) is 26.3 Å². The fourth-order valence-corrected chi connectivity index (χ4v) is 2.01. The highest BCUT2D eigenvalue weighted by atomic mass is 19.4. The lowest BCUT2D eigenvalue weighted by Gasteiger charge is -2.15. The van der Waals surface area contributed by atoms with Crippen molar-refractivity contribution in [2.24, 2.45) is 0 Å². The predicted octanol–water partition coefficient (Wildman–Crippen LogP) is 4.88. The molecule has 0 unspecified atom stereocenters. The highest BCUT2D eigenvalue weighted by Gasteiger charge is 2.34. The number of rotatable bonds is 5. The molecule has 0 fully saturated rings. The average molecular weight is 380 g/mol. The molecule has 0 radical (unpaired) electrons. The molecule has 0 aliphatic carbocycles. The zero-order chi connectivity index (χ0) is 19.5. The number of nitrogens with zero attached hydrogens (tertiary/aromatic N) is 2. The second kappa shape index (κ2) is 7.26. The van der Waals surface area contributed by atoms with Crippen molar-refractivity contribution in [2.75, 3.05) is 17.2 Å². The summed E-state index contributed by atoms with van der Waals surface area (Å²) < 4.78 is 79.3. The molecule has 11 heteroatoms. The van der Waals surface area contributed by atoms with Gasteiger partial charge in [-0.25, -0.2) is 4.98 Å². The van der Waals surface area contributed by atoms with E-state index in [1.54, 1.807) is 6.92 Å². The zero-order valence-electron chi connectivity index (χ0n) is 13.6. The van der Waals surface area contributed by atoms with Crippen LogP contribution >= 0.6 is 0 Å². The summed E-state index contributed by atoms with van der Waals surface area (Å²) >= 11 is 0. The van der Waals surface area contributed by atoms with Crippen LogP contribution in [0.1, 0.15) is 18.2 Å². The SMILES string of the molecule is CCNc1nc(Nc2ccc(OC(F)(F)F)cc2C)cc(C(F)(F)F)n1. The van der Waals surface area contributed by atoms with Crippen molar-refractivity contribution >= 4 is 17.5 Å². The molecular formula is C15H14F6N4O. The van der Waals surface area contributed by atoms with Crippen LogP contribution in [0.4, 0.5) is 43.8 Å². The Kier molecular flexibility index (Phi) is 5.47. The van der Waals surface area contributed by atoms with Gasteiger partial charge in [-0.05, 0) is 37.6 Å². The fourth-order valence-electron chi connectivity index (χ4n) is 2.01. The molecule has 0 aliphatic heterocycles. The van der Waals surface area contributed by atoms with Gasteiger partial charge in [-0.15, -0.1) is 13.2 Å². The number of benzene rings is 1. The molecule has 26 heavy (non-hydrogen) atoms. The number of aromatic nitrogens is 2.